The molecule has 0 atom stereocenters. The Bertz CT molecular complexity index is 739. The smallest absolute Gasteiger partial charge is 0.222 e. The number of halogens is 2. The van der Waals surface area contributed by atoms with Crippen molar-refractivity contribution in [3.8, 4) is 0 Å². The Hall–Kier alpha value is -1.28. The monoisotopic (exact) mass is 357 g/mol. The molecular weight excluding hydrogens is 350 g/mol. The quantitative estimate of drug-likeness (QED) is 0.280. The minimum atomic E-state index is -4.94. The maximum Gasteiger partial charge on any atom is 0.253 e. The summed E-state index contributed by atoms with van der Waals surface area (Å²) in [5.41, 5.74) is 1.20. The van der Waals surface area contributed by atoms with Gasteiger partial charge in [-0.2, -0.15) is 4.40 Å². The van der Waals surface area contributed by atoms with Gasteiger partial charge in [0, 0.05) is 39.5 Å². The van der Waals surface area contributed by atoms with Crippen LogP contribution in [0.4, 0.5) is 0 Å². The lowest BCUT2D eigenvalue weighted by molar-refractivity contribution is -2.00. The van der Waals surface area contributed by atoms with Gasteiger partial charge in [-0.15, -0.1) is 10.2 Å². The van der Waals surface area contributed by atoms with Gasteiger partial charge in [0.1, 0.15) is 0 Å². The van der Waals surface area contributed by atoms with Gasteiger partial charge >= 0.3 is 0 Å². The molecule has 20 heavy (non-hydrogen) atoms. The lowest BCUT2D eigenvalue weighted by atomic mass is 10.1. The van der Waals surface area contributed by atoms with Crippen LogP contribution in [0.15, 0.2) is 59.3 Å². The fourth-order valence-electron chi connectivity index (χ4n) is 1.82. The molecule has 0 aliphatic heterocycles. The van der Waals surface area contributed by atoms with E-state index >= 15 is 0 Å². The number of fused-ring (bicyclic) bond motifs is 2. The van der Waals surface area contributed by atoms with E-state index in [1.807, 2.05) is 12.1 Å². The Morgan fingerprint density at radius 3 is 2.10 bits per heavy atom. The molecule has 5 nitrogen and oxygen atoms in total. The van der Waals surface area contributed by atoms with Crippen LogP contribution in [0.1, 0.15) is 0 Å². The summed E-state index contributed by atoms with van der Waals surface area (Å²) in [6, 6.07) is 16.8. The van der Waals surface area contributed by atoms with E-state index < -0.39 is 10.2 Å². The SMILES string of the molecule is Brc1cccc2cc3ccccc3c[n+]12.[O-][Cl+3]([O-])([O-])[O-]. The van der Waals surface area contributed by atoms with Crippen molar-refractivity contribution >= 4 is 32.2 Å². The molecule has 0 aliphatic rings. The van der Waals surface area contributed by atoms with Crippen LogP contribution in [-0.2, 0) is 0 Å². The first kappa shape index (κ1) is 15.1. The van der Waals surface area contributed by atoms with Gasteiger partial charge in [-0.25, -0.2) is 18.6 Å². The van der Waals surface area contributed by atoms with Crippen LogP contribution in [0.25, 0.3) is 16.3 Å². The molecule has 0 saturated heterocycles. The highest BCUT2D eigenvalue weighted by Gasteiger charge is 2.07. The van der Waals surface area contributed by atoms with Crippen LogP contribution in [0, 0.1) is 10.2 Å². The summed E-state index contributed by atoms with van der Waals surface area (Å²) in [6.07, 6.45) is 2.15. The van der Waals surface area contributed by atoms with Crippen LogP contribution in [-0.4, -0.2) is 0 Å². The molecule has 0 aliphatic carbocycles. The molecule has 0 radical (unpaired) electrons. The zero-order valence-electron chi connectivity index (χ0n) is 10.0. The largest absolute Gasteiger partial charge is 0.253 e. The van der Waals surface area contributed by atoms with E-state index in [9.17, 15) is 0 Å². The highest BCUT2D eigenvalue weighted by molar-refractivity contribution is 9.10. The van der Waals surface area contributed by atoms with E-state index in [1.165, 1.54) is 16.3 Å². The van der Waals surface area contributed by atoms with Crippen LogP contribution in [0.3, 0.4) is 0 Å². The lowest BCUT2D eigenvalue weighted by Gasteiger charge is -2.17. The number of aromatic nitrogens is 1. The number of benzene rings is 1. The predicted molar refractivity (Wildman–Crippen MR) is 64.8 cm³/mol. The van der Waals surface area contributed by atoms with Gasteiger partial charge in [0.15, 0.2) is 6.20 Å². The zero-order valence-corrected chi connectivity index (χ0v) is 12.4. The van der Waals surface area contributed by atoms with Crippen LogP contribution < -0.4 is 23.0 Å². The normalized spacial score (nSPS) is 11.2. The van der Waals surface area contributed by atoms with E-state index in [0.717, 1.165) is 4.60 Å². The van der Waals surface area contributed by atoms with Crippen LogP contribution >= 0.6 is 15.9 Å². The van der Waals surface area contributed by atoms with Crippen LogP contribution in [0.5, 0.6) is 0 Å². The van der Waals surface area contributed by atoms with Gasteiger partial charge in [0.25, 0.3) is 4.60 Å². The third kappa shape index (κ3) is 4.11. The summed E-state index contributed by atoms with van der Waals surface area (Å²) in [5, 5.41) is 2.53. The van der Waals surface area contributed by atoms with Crippen molar-refractivity contribution in [1.29, 1.82) is 0 Å². The molecule has 7 heteroatoms. The zero-order chi connectivity index (χ0) is 14.8. The maximum absolute atomic E-state index is 8.49. The standard InChI is InChI=1S/C13H9BrN.ClHO4/c14-13-7-3-6-12-8-10-4-1-2-5-11(10)9-15(12)13;2-1(3,4)5/h1-9H;(H,2,3,4,5)/q+1;/p-1. The Balaban J connectivity index is 0.000000257. The molecule has 104 valence electrons. The second-order valence-corrected chi connectivity index (χ2v) is 5.49. The molecule has 3 rings (SSSR count). The first-order valence-electron chi connectivity index (χ1n) is 5.45. The summed E-state index contributed by atoms with van der Waals surface area (Å²) in [4.78, 5) is 0. The third-order valence-electron chi connectivity index (χ3n) is 2.58. The number of pyridine rings is 2. The molecule has 3 aromatic rings. The summed E-state index contributed by atoms with van der Waals surface area (Å²) in [6.45, 7) is 0. The molecule has 2 heterocycles. The molecule has 0 bridgehead atoms. The minimum Gasteiger partial charge on any atom is -0.222 e. The first-order chi connectivity index (χ1) is 9.34. The second kappa shape index (κ2) is 6.01. The Kier molecular flexibility index (Phi) is 4.54. The second-order valence-electron chi connectivity index (χ2n) is 3.92. The number of rotatable bonds is 0. The van der Waals surface area contributed by atoms with Gasteiger partial charge in [-0.05, 0) is 17.5 Å². The fraction of sp³-hybridized carbons (Fsp3) is 0. The van der Waals surface area contributed by atoms with Crippen molar-refractivity contribution in [1.82, 2.24) is 0 Å². The molecule has 2 aromatic heterocycles. The van der Waals surface area contributed by atoms with Crippen molar-refractivity contribution in [2.45, 2.75) is 0 Å². The van der Waals surface area contributed by atoms with E-state index in [1.54, 1.807) is 0 Å². The molecule has 0 saturated carbocycles. The minimum absolute atomic E-state index is 1.07. The maximum atomic E-state index is 8.49. The summed E-state index contributed by atoms with van der Waals surface area (Å²) in [5.74, 6) is 0. The van der Waals surface area contributed by atoms with Crippen molar-refractivity contribution < 1.29 is 33.3 Å². The Labute approximate surface area is 125 Å². The van der Waals surface area contributed by atoms with Gasteiger partial charge in [0.05, 0.1) is 0 Å². The highest BCUT2D eigenvalue weighted by Crippen LogP contribution is 2.15. The summed E-state index contributed by atoms with van der Waals surface area (Å²) < 4.78 is 37.2. The van der Waals surface area contributed by atoms with Crippen molar-refractivity contribution in [3.63, 3.8) is 0 Å². The van der Waals surface area contributed by atoms with Gasteiger partial charge < -0.3 is 0 Å². The highest BCUT2D eigenvalue weighted by atomic mass is 79.9. The number of nitrogens with zero attached hydrogens (tertiary/aromatic N) is 1. The first-order valence-corrected chi connectivity index (χ1v) is 7.48. The van der Waals surface area contributed by atoms with E-state index in [-0.39, 0.29) is 0 Å². The van der Waals surface area contributed by atoms with Crippen molar-refractivity contribution in [2.24, 2.45) is 0 Å². The number of hydrogen-bond donors (Lipinski definition) is 0. The predicted octanol–water partition coefficient (Wildman–Crippen LogP) is -1.41. The summed E-state index contributed by atoms with van der Waals surface area (Å²) in [7, 11) is -4.94. The summed E-state index contributed by atoms with van der Waals surface area (Å²) >= 11 is 3.55. The molecule has 0 fully saturated rings. The topological polar surface area (TPSA) is 96.3 Å². The fourth-order valence-corrected chi connectivity index (χ4v) is 2.28. The van der Waals surface area contributed by atoms with Crippen molar-refractivity contribution in [3.05, 3.63) is 59.3 Å². The average molecular weight is 359 g/mol. The number of hydrogen-bond acceptors (Lipinski definition) is 4. The molecule has 0 N–H and O–H groups in total. The van der Waals surface area contributed by atoms with E-state index in [0.29, 0.717) is 0 Å². The lowest BCUT2D eigenvalue weighted by Crippen LogP contribution is -2.68. The molecule has 1 aromatic carbocycles. The van der Waals surface area contributed by atoms with Gasteiger partial charge in [0.2, 0.25) is 5.52 Å². The molecular formula is C13H9BrClNO4. The van der Waals surface area contributed by atoms with E-state index in [2.05, 4.69) is 62.9 Å². The van der Waals surface area contributed by atoms with Crippen LogP contribution in [0.2, 0.25) is 0 Å². The molecule has 0 spiro atoms. The third-order valence-corrected chi connectivity index (χ3v) is 3.22. The van der Waals surface area contributed by atoms with Gasteiger partial charge in [-0.1, -0.05) is 18.2 Å². The Morgan fingerprint density at radius 2 is 1.45 bits per heavy atom. The Morgan fingerprint density at radius 1 is 0.850 bits per heavy atom. The molecule has 0 amide bonds. The average Bonchev–Trinajstić information content (AvgIpc) is 2.35. The molecule has 0 unspecified atom stereocenters. The van der Waals surface area contributed by atoms with Gasteiger partial charge in [-0.3, -0.25) is 0 Å². The van der Waals surface area contributed by atoms with Crippen molar-refractivity contribution in [2.75, 3.05) is 0 Å². The van der Waals surface area contributed by atoms with E-state index in [4.69, 9.17) is 18.6 Å².